The predicted molar refractivity (Wildman–Crippen MR) is 213 cm³/mol. The molecule has 5 atom stereocenters. The van der Waals surface area contributed by atoms with E-state index in [0.29, 0.717) is 37.5 Å². The van der Waals surface area contributed by atoms with Crippen LogP contribution in [0.3, 0.4) is 0 Å². The zero-order chi connectivity index (χ0) is 41.7. The molecule has 2 aromatic heterocycles. The lowest BCUT2D eigenvalue weighted by Gasteiger charge is -2.37. The third-order valence-corrected chi connectivity index (χ3v) is 11.4. The molecular weight excluding hydrogens is 789 g/mol. The summed E-state index contributed by atoms with van der Waals surface area (Å²) in [5.74, 6) is -0.635. The fourth-order valence-corrected chi connectivity index (χ4v) is 8.41. The van der Waals surface area contributed by atoms with E-state index in [1.807, 2.05) is 55.5 Å². The average Bonchev–Trinajstić information content (AvgIpc) is 3.98. The monoisotopic (exact) mass is 838 g/mol. The minimum absolute atomic E-state index is 0.0351. The Morgan fingerprint density at radius 2 is 1.58 bits per heavy atom. The average molecular weight is 839 g/mol. The van der Waals surface area contributed by atoms with Crippen LogP contribution in [0.4, 0.5) is 20.2 Å². The fraction of sp³-hybridized carbons (Fsp3) is 0.450. The number of hydrogen-bond donors (Lipinski definition) is 2. The molecule has 7 rings (SSSR count). The van der Waals surface area contributed by atoms with E-state index >= 15 is 4.39 Å². The van der Waals surface area contributed by atoms with Gasteiger partial charge in [-0.15, -0.1) is 0 Å². The van der Waals surface area contributed by atoms with Crippen LogP contribution >= 0.6 is 7.82 Å². The quantitative estimate of drug-likeness (QED) is 0.0897. The van der Waals surface area contributed by atoms with Crippen molar-refractivity contribution in [2.24, 2.45) is 5.92 Å². The number of nitrogens with zero attached hydrogens (tertiary/aromatic N) is 8. The van der Waals surface area contributed by atoms with Gasteiger partial charge in [0.15, 0.2) is 6.29 Å². The summed E-state index contributed by atoms with van der Waals surface area (Å²) in [4.78, 5) is 40.5. The first-order valence-electron chi connectivity index (χ1n) is 19.7. The van der Waals surface area contributed by atoms with Crippen LogP contribution in [0.5, 0.6) is 5.75 Å². The molecule has 16 nitrogen and oxygen atoms in total. The van der Waals surface area contributed by atoms with Crippen molar-refractivity contribution in [3.63, 3.8) is 0 Å². The molecule has 59 heavy (non-hydrogen) atoms. The second kappa shape index (κ2) is 18.1. The molecule has 3 aromatic carbocycles. The van der Waals surface area contributed by atoms with E-state index in [2.05, 4.69) is 25.0 Å². The van der Waals surface area contributed by atoms with Crippen molar-refractivity contribution < 1.29 is 41.9 Å². The van der Waals surface area contributed by atoms with Gasteiger partial charge in [0, 0.05) is 55.1 Å². The highest BCUT2D eigenvalue weighted by Gasteiger charge is 2.45. The molecular formula is C40H49F2N8O8P. The van der Waals surface area contributed by atoms with Crippen molar-refractivity contribution in [2.75, 3.05) is 49.2 Å². The van der Waals surface area contributed by atoms with Crippen LogP contribution < -0.4 is 20.2 Å². The number of phosphoric ester groups is 1. The summed E-state index contributed by atoms with van der Waals surface area (Å²) in [6.07, 6.45) is 3.81. The molecule has 2 unspecified atom stereocenters. The molecule has 2 aliphatic rings. The zero-order valence-corrected chi connectivity index (χ0v) is 34.0. The maximum atomic E-state index is 15.0. The normalized spacial score (nSPS) is 20.2. The first-order valence-corrected chi connectivity index (χ1v) is 21.2. The van der Waals surface area contributed by atoms with Crippen molar-refractivity contribution >= 4 is 19.2 Å². The highest BCUT2D eigenvalue weighted by Crippen LogP contribution is 2.42. The Labute approximate surface area is 340 Å². The van der Waals surface area contributed by atoms with Gasteiger partial charge in [-0.1, -0.05) is 19.9 Å². The van der Waals surface area contributed by atoms with Gasteiger partial charge in [-0.2, -0.15) is 10.2 Å². The molecule has 316 valence electrons. The molecule has 2 aliphatic heterocycles. The van der Waals surface area contributed by atoms with E-state index in [1.165, 1.54) is 34.0 Å². The highest BCUT2D eigenvalue weighted by molar-refractivity contribution is 7.46. The maximum absolute atomic E-state index is 15.0. The number of ether oxygens (including phenoxy) is 3. The van der Waals surface area contributed by atoms with E-state index in [0.717, 1.165) is 43.6 Å². The Hall–Kier alpha value is -4.97. The predicted octanol–water partition coefficient (Wildman–Crippen LogP) is 5.44. The molecule has 0 bridgehead atoms. The maximum Gasteiger partial charge on any atom is 0.471 e. The molecule has 5 aromatic rings. The topological polar surface area (TPSA) is 171 Å². The summed E-state index contributed by atoms with van der Waals surface area (Å²) in [7, 11) is -4.75. The van der Waals surface area contributed by atoms with Crippen molar-refractivity contribution in [1.29, 1.82) is 0 Å². The summed E-state index contributed by atoms with van der Waals surface area (Å²) < 4.78 is 67.4. The van der Waals surface area contributed by atoms with E-state index in [9.17, 15) is 23.5 Å². The number of piperazine rings is 1. The lowest BCUT2D eigenvalue weighted by molar-refractivity contribution is -0.138. The second-order valence-electron chi connectivity index (χ2n) is 14.9. The van der Waals surface area contributed by atoms with Crippen LogP contribution in [0, 0.1) is 17.6 Å². The molecule has 0 amide bonds. The highest BCUT2D eigenvalue weighted by atomic mass is 31.2. The lowest BCUT2D eigenvalue weighted by Crippen LogP contribution is -2.46. The van der Waals surface area contributed by atoms with Crippen molar-refractivity contribution in [3.8, 4) is 11.4 Å². The number of halogens is 2. The largest absolute Gasteiger partial charge is 0.493 e. The molecule has 2 N–H and O–H groups in total. The van der Waals surface area contributed by atoms with Gasteiger partial charge in [0.1, 0.15) is 42.0 Å². The Balaban J connectivity index is 0.909. The minimum Gasteiger partial charge on any atom is -0.493 e. The van der Waals surface area contributed by atoms with E-state index < -0.39 is 43.5 Å². The van der Waals surface area contributed by atoms with Crippen LogP contribution in [0.1, 0.15) is 51.6 Å². The Kier molecular flexibility index (Phi) is 12.9. The zero-order valence-electron chi connectivity index (χ0n) is 33.1. The van der Waals surface area contributed by atoms with Crippen molar-refractivity contribution in [3.05, 3.63) is 113 Å². The Bertz CT molecular complexity index is 2250. The van der Waals surface area contributed by atoms with E-state index in [1.54, 1.807) is 24.9 Å². The molecule has 2 saturated heterocycles. The summed E-state index contributed by atoms with van der Waals surface area (Å²) in [6, 6.07) is 18.8. The van der Waals surface area contributed by atoms with Gasteiger partial charge >= 0.3 is 13.5 Å². The molecule has 0 spiro atoms. The first kappa shape index (κ1) is 42.2. The molecule has 4 heterocycles. The molecule has 0 aliphatic carbocycles. The number of rotatable bonds is 17. The number of hydrogen-bond acceptors (Lipinski definition) is 11. The minimum atomic E-state index is -4.75. The summed E-state index contributed by atoms with van der Waals surface area (Å²) in [5, 5.41) is 8.53. The number of anilines is 2. The van der Waals surface area contributed by atoms with Crippen molar-refractivity contribution in [2.45, 2.75) is 70.6 Å². The number of aromatic nitrogens is 6. The van der Waals surface area contributed by atoms with Crippen LogP contribution in [-0.4, -0.2) is 90.7 Å². The third kappa shape index (κ3) is 9.91. The standard InChI is InChI=1S/C40H49F2N8O8P/c1-4-37(28(3)57-38(5-2)58-59(52,53)54)50-39(51)49(27-45-50)33-9-7-31(8-10-33)46-16-18-47(19-17-46)32-11-13-34(14-12-32)55-22-29-21-40(56-23-29,24-48-26-43-25-44-48)35-15-6-30(41)20-36(35)42/h6-15,20,25-29,37-38H,4-5,16-19,21-24H2,1-3H3,(H2,52,53,54)/t28-,29-,37-,38?,40?/m0/s1. The summed E-state index contributed by atoms with van der Waals surface area (Å²) in [6.45, 7) is 9.42. The van der Waals surface area contributed by atoms with Gasteiger partial charge in [-0.25, -0.2) is 37.1 Å². The van der Waals surface area contributed by atoms with Gasteiger partial charge < -0.3 is 33.8 Å². The third-order valence-electron chi connectivity index (χ3n) is 10.9. The van der Waals surface area contributed by atoms with Crippen LogP contribution in [0.2, 0.25) is 0 Å². The molecule has 0 saturated carbocycles. The first-order chi connectivity index (χ1) is 28.3. The smallest absolute Gasteiger partial charge is 0.471 e. The fourth-order valence-electron chi connectivity index (χ4n) is 7.90. The lowest BCUT2D eigenvalue weighted by atomic mass is 9.87. The van der Waals surface area contributed by atoms with Crippen molar-refractivity contribution in [1.82, 2.24) is 29.1 Å². The number of benzene rings is 3. The van der Waals surface area contributed by atoms with E-state index in [4.69, 9.17) is 18.7 Å². The summed E-state index contributed by atoms with van der Waals surface area (Å²) in [5.41, 5.74) is 1.64. The van der Waals surface area contributed by atoms with E-state index in [-0.39, 0.29) is 30.1 Å². The SMILES string of the molecule is CCC(O[C@@H](C)[C@H](CC)n1ncn(-c2ccc(N3CCN(c4ccc(OC[C@H]5COC(Cn6cncn6)(c6ccc(F)cc6F)C5)cc4)CC3)cc2)c1=O)OP(=O)(O)O. The van der Waals surface area contributed by atoms with Gasteiger partial charge in [0.05, 0.1) is 37.6 Å². The van der Waals surface area contributed by atoms with Crippen LogP contribution in [-0.2, 0) is 30.7 Å². The Morgan fingerprint density at radius 1 is 0.915 bits per heavy atom. The van der Waals surface area contributed by atoms with Gasteiger partial charge in [-0.05, 0) is 80.8 Å². The van der Waals surface area contributed by atoms with Gasteiger partial charge in [0.25, 0.3) is 0 Å². The number of phosphoric acid groups is 1. The molecule has 2 fully saturated rings. The van der Waals surface area contributed by atoms with Crippen LogP contribution in [0.25, 0.3) is 5.69 Å². The molecule has 0 radical (unpaired) electrons. The summed E-state index contributed by atoms with van der Waals surface area (Å²) >= 11 is 0. The Morgan fingerprint density at radius 3 is 2.17 bits per heavy atom. The second-order valence-corrected chi connectivity index (χ2v) is 16.1. The van der Waals surface area contributed by atoms with Gasteiger partial charge in [-0.3, -0.25) is 4.52 Å². The van der Waals surface area contributed by atoms with Crippen LogP contribution in [0.15, 0.2) is 90.5 Å². The molecule has 19 heteroatoms. The van der Waals surface area contributed by atoms with Gasteiger partial charge in [0.2, 0.25) is 0 Å².